The Morgan fingerprint density at radius 2 is 1.79 bits per heavy atom. The molecule has 188 valence electrons. The molecule has 0 bridgehead atoms. The van der Waals surface area contributed by atoms with Crippen LogP contribution < -0.4 is 9.62 Å². The van der Waals surface area contributed by atoms with Crippen LogP contribution in [0.1, 0.15) is 63.0 Å². The summed E-state index contributed by atoms with van der Waals surface area (Å²) in [5.41, 5.74) is 2.08. The average molecular weight is 492 g/mol. The third-order valence-corrected chi connectivity index (χ3v) is 7.32. The molecule has 2 rings (SSSR count). The number of nitro benzene ring substituents is 1. The Morgan fingerprint density at radius 3 is 2.47 bits per heavy atom. The summed E-state index contributed by atoms with van der Waals surface area (Å²) in [4.78, 5) is 12.7. The van der Waals surface area contributed by atoms with Gasteiger partial charge in [-0.05, 0) is 55.0 Å². The minimum Gasteiger partial charge on any atom is -0.393 e. The van der Waals surface area contributed by atoms with Crippen molar-refractivity contribution in [2.75, 3.05) is 25.5 Å². The minimum absolute atomic E-state index is 0.0244. The molecule has 0 fully saturated rings. The van der Waals surface area contributed by atoms with Gasteiger partial charge in [-0.1, -0.05) is 44.7 Å². The molecule has 0 amide bonds. The van der Waals surface area contributed by atoms with Gasteiger partial charge >= 0.3 is 0 Å². The molecule has 0 aliphatic heterocycles. The number of aliphatic hydroxyl groups is 1. The van der Waals surface area contributed by atoms with Crippen LogP contribution >= 0.6 is 0 Å². The van der Waals surface area contributed by atoms with Crippen LogP contribution in [0.5, 0.6) is 0 Å². The standard InChI is InChI=1S/C25H37N3O5S/c1-4-5-12-24(29)13-7-6-8-16-26-34(32,33)25-15-14-22(27(2)3)19-21(25)17-20-10-9-11-23(18-20)28(30)31/h9-11,14-15,18-19,24,26,29H,4-8,12-13,16-17H2,1-3H3. The molecule has 9 heteroatoms. The topological polar surface area (TPSA) is 113 Å². The van der Waals surface area contributed by atoms with Gasteiger partial charge in [0.2, 0.25) is 10.0 Å². The van der Waals surface area contributed by atoms with Gasteiger partial charge in [0, 0.05) is 38.5 Å². The molecule has 0 radical (unpaired) electrons. The number of sulfonamides is 1. The summed E-state index contributed by atoms with van der Waals surface area (Å²) in [6, 6.07) is 11.4. The number of anilines is 1. The zero-order chi connectivity index (χ0) is 25.1. The minimum atomic E-state index is -3.75. The molecule has 2 aromatic rings. The molecule has 0 aromatic heterocycles. The molecule has 8 nitrogen and oxygen atoms in total. The van der Waals surface area contributed by atoms with Gasteiger partial charge in [-0.15, -0.1) is 0 Å². The van der Waals surface area contributed by atoms with Crippen molar-refractivity contribution in [2.45, 2.75) is 69.3 Å². The molecule has 0 saturated heterocycles. The lowest BCUT2D eigenvalue weighted by Crippen LogP contribution is -2.26. The highest BCUT2D eigenvalue weighted by molar-refractivity contribution is 7.89. The Bertz CT molecular complexity index is 1040. The van der Waals surface area contributed by atoms with Gasteiger partial charge in [0.25, 0.3) is 5.69 Å². The van der Waals surface area contributed by atoms with Crippen LogP contribution in [0.4, 0.5) is 11.4 Å². The van der Waals surface area contributed by atoms with E-state index in [9.17, 15) is 23.6 Å². The monoisotopic (exact) mass is 491 g/mol. The normalized spacial score (nSPS) is 12.5. The molecule has 1 unspecified atom stereocenters. The molecule has 0 heterocycles. The van der Waals surface area contributed by atoms with Gasteiger partial charge in [-0.2, -0.15) is 0 Å². The van der Waals surface area contributed by atoms with Crippen molar-refractivity contribution in [1.29, 1.82) is 0 Å². The molecule has 0 saturated carbocycles. The number of nitrogens with one attached hydrogen (secondary N) is 1. The van der Waals surface area contributed by atoms with Gasteiger partial charge in [0.1, 0.15) is 0 Å². The Morgan fingerprint density at radius 1 is 1.06 bits per heavy atom. The lowest BCUT2D eigenvalue weighted by atomic mass is 10.0. The Labute approximate surface area is 203 Å². The highest BCUT2D eigenvalue weighted by Crippen LogP contribution is 2.26. The SMILES string of the molecule is CCCCC(O)CCCCCNS(=O)(=O)c1ccc(N(C)C)cc1Cc1cccc([N+](=O)[O-])c1. The quantitative estimate of drug-likeness (QED) is 0.213. The van der Waals surface area contributed by atoms with E-state index in [1.807, 2.05) is 25.1 Å². The van der Waals surface area contributed by atoms with E-state index in [0.29, 0.717) is 24.1 Å². The first-order valence-electron chi connectivity index (χ1n) is 11.9. The molecular weight excluding hydrogens is 454 g/mol. The molecule has 0 aliphatic carbocycles. The van der Waals surface area contributed by atoms with Gasteiger partial charge in [0.15, 0.2) is 0 Å². The molecular formula is C25H37N3O5S. The lowest BCUT2D eigenvalue weighted by molar-refractivity contribution is -0.384. The van der Waals surface area contributed by atoms with Crippen LogP contribution in [0.2, 0.25) is 0 Å². The first kappa shape index (κ1) is 27.8. The molecule has 0 aliphatic rings. The maximum absolute atomic E-state index is 13.1. The maximum atomic E-state index is 13.1. The fourth-order valence-electron chi connectivity index (χ4n) is 3.79. The van der Waals surface area contributed by atoms with Crippen molar-refractivity contribution in [3.63, 3.8) is 0 Å². The first-order chi connectivity index (χ1) is 16.1. The summed E-state index contributed by atoms with van der Waals surface area (Å²) in [5, 5.41) is 21.1. The average Bonchev–Trinajstić information content (AvgIpc) is 2.79. The summed E-state index contributed by atoms with van der Waals surface area (Å²) in [5.74, 6) is 0. The Kier molecular flexibility index (Phi) is 10.9. The van der Waals surface area contributed by atoms with Gasteiger partial charge in [-0.25, -0.2) is 13.1 Å². The lowest BCUT2D eigenvalue weighted by Gasteiger charge is -2.17. The number of nitrogens with zero attached hydrogens (tertiary/aromatic N) is 2. The second-order valence-electron chi connectivity index (χ2n) is 8.83. The number of hydrogen-bond donors (Lipinski definition) is 2. The van der Waals surface area contributed by atoms with E-state index in [1.54, 1.807) is 24.3 Å². The zero-order valence-electron chi connectivity index (χ0n) is 20.4. The number of aliphatic hydroxyl groups excluding tert-OH is 1. The van der Waals surface area contributed by atoms with Crippen molar-refractivity contribution >= 4 is 21.4 Å². The highest BCUT2D eigenvalue weighted by Gasteiger charge is 2.20. The van der Waals surface area contributed by atoms with Gasteiger partial charge < -0.3 is 10.0 Å². The van der Waals surface area contributed by atoms with E-state index in [1.165, 1.54) is 12.1 Å². The van der Waals surface area contributed by atoms with Crippen LogP contribution in [0, 0.1) is 10.1 Å². The maximum Gasteiger partial charge on any atom is 0.269 e. The summed E-state index contributed by atoms with van der Waals surface area (Å²) >= 11 is 0. The van der Waals surface area contributed by atoms with Crippen molar-refractivity contribution in [3.05, 3.63) is 63.7 Å². The highest BCUT2D eigenvalue weighted by atomic mass is 32.2. The third-order valence-electron chi connectivity index (χ3n) is 5.76. The summed E-state index contributed by atoms with van der Waals surface area (Å²) in [6.07, 6.45) is 6.03. The second-order valence-corrected chi connectivity index (χ2v) is 10.6. The predicted molar refractivity (Wildman–Crippen MR) is 136 cm³/mol. The van der Waals surface area contributed by atoms with E-state index in [4.69, 9.17) is 0 Å². The molecule has 0 spiro atoms. The van der Waals surface area contributed by atoms with E-state index in [0.717, 1.165) is 44.2 Å². The van der Waals surface area contributed by atoms with Crippen LogP contribution in [0.15, 0.2) is 47.4 Å². The first-order valence-corrected chi connectivity index (χ1v) is 13.3. The molecule has 34 heavy (non-hydrogen) atoms. The zero-order valence-corrected chi connectivity index (χ0v) is 21.2. The summed E-state index contributed by atoms with van der Waals surface area (Å²) in [7, 11) is -0.00104. The van der Waals surface area contributed by atoms with Crippen molar-refractivity contribution in [3.8, 4) is 0 Å². The number of benzene rings is 2. The van der Waals surface area contributed by atoms with Crippen LogP contribution in [-0.2, 0) is 16.4 Å². The number of nitro groups is 1. The van der Waals surface area contributed by atoms with Gasteiger partial charge in [-0.3, -0.25) is 10.1 Å². The second kappa shape index (κ2) is 13.4. The van der Waals surface area contributed by atoms with Gasteiger partial charge in [0.05, 0.1) is 15.9 Å². The van der Waals surface area contributed by atoms with Crippen LogP contribution in [0.25, 0.3) is 0 Å². The fourth-order valence-corrected chi connectivity index (χ4v) is 5.09. The van der Waals surface area contributed by atoms with E-state index >= 15 is 0 Å². The van der Waals surface area contributed by atoms with Crippen molar-refractivity contribution in [2.24, 2.45) is 0 Å². The fraction of sp³-hybridized carbons (Fsp3) is 0.520. The predicted octanol–water partition coefficient (Wildman–Crippen LogP) is 4.64. The third kappa shape index (κ3) is 8.70. The summed E-state index contributed by atoms with van der Waals surface area (Å²) < 4.78 is 28.9. The number of unbranched alkanes of at least 4 members (excludes halogenated alkanes) is 3. The largest absolute Gasteiger partial charge is 0.393 e. The molecule has 2 aromatic carbocycles. The number of non-ortho nitro benzene ring substituents is 1. The van der Waals surface area contributed by atoms with E-state index in [-0.39, 0.29) is 23.1 Å². The van der Waals surface area contributed by atoms with Crippen LogP contribution in [-0.4, -0.2) is 45.2 Å². The van der Waals surface area contributed by atoms with E-state index in [2.05, 4.69) is 11.6 Å². The van der Waals surface area contributed by atoms with Crippen molar-refractivity contribution in [1.82, 2.24) is 4.72 Å². The Hall–Kier alpha value is -2.49. The van der Waals surface area contributed by atoms with Crippen molar-refractivity contribution < 1.29 is 18.4 Å². The molecule has 1 atom stereocenters. The smallest absolute Gasteiger partial charge is 0.269 e. The molecule has 2 N–H and O–H groups in total. The number of rotatable bonds is 15. The van der Waals surface area contributed by atoms with E-state index < -0.39 is 14.9 Å². The number of hydrogen-bond acceptors (Lipinski definition) is 6. The Balaban J connectivity index is 2.07. The van der Waals surface area contributed by atoms with Crippen LogP contribution in [0.3, 0.4) is 0 Å². The summed E-state index contributed by atoms with van der Waals surface area (Å²) in [6.45, 7) is 2.42.